The minimum absolute atomic E-state index is 0.0167. The molecule has 3 rings (SSSR count). The van der Waals surface area contributed by atoms with Crippen molar-refractivity contribution in [2.45, 2.75) is 11.8 Å². The van der Waals surface area contributed by atoms with E-state index in [1.165, 1.54) is 11.8 Å². The highest BCUT2D eigenvalue weighted by molar-refractivity contribution is 9.10. The van der Waals surface area contributed by atoms with Crippen molar-refractivity contribution in [3.63, 3.8) is 0 Å². The number of carboxylic acids is 1. The van der Waals surface area contributed by atoms with Gasteiger partial charge in [-0.15, -0.1) is 0 Å². The third kappa shape index (κ3) is 3.94. The van der Waals surface area contributed by atoms with Gasteiger partial charge in [-0.1, -0.05) is 23.9 Å². The average molecular weight is 434 g/mol. The molecular weight excluding hydrogens is 420 g/mol. The lowest BCUT2D eigenvalue weighted by Crippen LogP contribution is -2.29. The van der Waals surface area contributed by atoms with Crippen LogP contribution in [0.1, 0.15) is 22.8 Å². The van der Waals surface area contributed by atoms with Crippen molar-refractivity contribution in [2.24, 2.45) is 0 Å². The van der Waals surface area contributed by atoms with Gasteiger partial charge in [-0.25, -0.2) is 0 Å². The number of ether oxygens (including phenoxy) is 2. The summed E-state index contributed by atoms with van der Waals surface area (Å²) in [5.74, 6) is -0.664. The molecule has 0 amide bonds. The number of halogens is 1. The Morgan fingerprint density at radius 1 is 1.27 bits per heavy atom. The first-order chi connectivity index (χ1) is 12.5. The minimum Gasteiger partial charge on any atom is -0.546 e. The highest BCUT2D eigenvalue weighted by Gasteiger charge is 2.25. The van der Waals surface area contributed by atoms with E-state index in [0.29, 0.717) is 27.3 Å². The minimum atomic E-state index is -1.32. The molecule has 0 aliphatic carbocycles. The second kappa shape index (κ2) is 7.97. The van der Waals surface area contributed by atoms with Gasteiger partial charge >= 0.3 is 0 Å². The Balaban J connectivity index is 1.94. The zero-order valence-corrected chi connectivity index (χ0v) is 16.2. The van der Waals surface area contributed by atoms with Crippen molar-refractivity contribution in [3.8, 4) is 11.5 Å². The van der Waals surface area contributed by atoms with Gasteiger partial charge in [0.1, 0.15) is 6.61 Å². The number of hydrogen-bond donors (Lipinski definition) is 0. The molecule has 0 radical (unpaired) electrons. The smallest absolute Gasteiger partial charge is 0.200 e. The summed E-state index contributed by atoms with van der Waals surface area (Å²) in [6.07, 6.45) is 1.78. The fourth-order valence-electron chi connectivity index (χ4n) is 2.49. The SMILES string of the molecule is CCOc1cc(/C=C2/Sc3ccccc3C2=O)cc(Br)c1OCC(=O)[O-]. The average Bonchev–Trinajstić information content (AvgIpc) is 2.90. The summed E-state index contributed by atoms with van der Waals surface area (Å²) in [5, 5.41) is 10.7. The van der Waals surface area contributed by atoms with Crippen LogP contribution in [-0.2, 0) is 4.79 Å². The number of benzene rings is 2. The monoisotopic (exact) mass is 433 g/mol. The van der Waals surface area contributed by atoms with Crippen LogP contribution < -0.4 is 14.6 Å². The van der Waals surface area contributed by atoms with Gasteiger partial charge < -0.3 is 19.4 Å². The van der Waals surface area contributed by atoms with Gasteiger partial charge in [0.15, 0.2) is 11.5 Å². The van der Waals surface area contributed by atoms with E-state index in [0.717, 1.165) is 10.5 Å². The van der Waals surface area contributed by atoms with Crippen LogP contribution in [0, 0.1) is 0 Å². The first-order valence-electron chi connectivity index (χ1n) is 7.82. The molecule has 0 N–H and O–H groups in total. The zero-order chi connectivity index (χ0) is 18.7. The van der Waals surface area contributed by atoms with Gasteiger partial charge in [0.2, 0.25) is 5.78 Å². The highest BCUT2D eigenvalue weighted by atomic mass is 79.9. The second-order valence-corrected chi connectivity index (χ2v) is 7.30. The molecular formula is C19H14BrO5S-. The Kier molecular flexibility index (Phi) is 5.68. The Labute approximate surface area is 163 Å². The van der Waals surface area contributed by atoms with E-state index in [2.05, 4.69) is 15.9 Å². The molecule has 1 aliphatic rings. The number of carboxylic acid groups (broad SMARTS) is 1. The maximum absolute atomic E-state index is 12.5. The third-order valence-electron chi connectivity index (χ3n) is 3.54. The van der Waals surface area contributed by atoms with Gasteiger partial charge in [-0.05, 0) is 58.8 Å². The van der Waals surface area contributed by atoms with Crippen LogP contribution in [0.15, 0.2) is 50.7 Å². The molecule has 0 saturated heterocycles. The molecule has 0 bridgehead atoms. The lowest BCUT2D eigenvalue weighted by atomic mass is 10.1. The summed E-state index contributed by atoms with van der Waals surface area (Å²) in [6, 6.07) is 10.9. The number of ketones is 1. The quantitative estimate of drug-likeness (QED) is 0.650. The van der Waals surface area contributed by atoms with E-state index in [4.69, 9.17) is 9.47 Å². The molecule has 7 heteroatoms. The van der Waals surface area contributed by atoms with Crippen molar-refractivity contribution in [3.05, 3.63) is 56.9 Å². The molecule has 0 atom stereocenters. The molecule has 0 saturated carbocycles. The van der Waals surface area contributed by atoms with Crippen molar-refractivity contribution >= 4 is 45.5 Å². The van der Waals surface area contributed by atoms with Gasteiger partial charge in [0.25, 0.3) is 0 Å². The second-order valence-electron chi connectivity index (χ2n) is 5.36. The van der Waals surface area contributed by atoms with Crippen molar-refractivity contribution in [1.82, 2.24) is 0 Å². The van der Waals surface area contributed by atoms with E-state index in [1.807, 2.05) is 31.2 Å². The molecule has 0 unspecified atom stereocenters. The molecule has 0 spiro atoms. The normalized spacial score (nSPS) is 14.4. The molecule has 0 aromatic heterocycles. The number of aliphatic carboxylic acids is 1. The number of carbonyl (C=O) groups excluding carboxylic acids is 2. The van der Waals surface area contributed by atoms with Gasteiger partial charge in [-0.3, -0.25) is 4.79 Å². The van der Waals surface area contributed by atoms with Crippen LogP contribution in [0.4, 0.5) is 0 Å². The summed E-state index contributed by atoms with van der Waals surface area (Å²) < 4.78 is 11.3. The first kappa shape index (κ1) is 18.5. The summed E-state index contributed by atoms with van der Waals surface area (Å²) in [6.45, 7) is 1.62. The number of hydrogen-bond acceptors (Lipinski definition) is 6. The van der Waals surface area contributed by atoms with Crippen LogP contribution in [0.3, 0.4) is 0 Å². The Bertz CT molecular complexity index is 907. The lowest BCUT2D eigenvalue weighted by molar-refractivity contribution is -0.307. The molecule has 26 heavy (non-hydrogen) atoms. The summed E-state index contributed by atoms with van der Waals surface area (Å²) in [5.41, 5.74) is 1.44. The fraction of sp³-hybridized carbons (Fsp3) is 0.158. The first-order valence-corrected chi connectivity index (χ1v) is 9.42. The Hall–Kier alpha value is -2.25. The number of fused-ring (bicyclic) bond motifs is 1. The van der Waals surface area contributed by atoms with Gasteiger partial charge in [0, 0.05) is 10.5 Å². The van der Waals surface area contributed by atoms with E-state index in [9.17, 15) is 14.7 Å². The van der Waals surface area contributed by atoms with Crippen molar-refractivity contribution in [1.29, 1.82) is 0 Å². The van der Waals surface area contributed by atoms with Crippen LogP contribution in [0.25, 0.3) is 6.08 Å². The summed E-state index contributed by atoms with van der Waals surface area (Å²) in [7, 11) is 0. The Morgan fingerprint density at radius 2 is 2.04 bits per heavy atom. The largest absolute Gasteiger partial charge is 0.546 e. The van der Waals surface area contributed by atoms with E-state index >= 15 is 0 Å². The third-order valence-corrected chi connectivity index (χ3v) is 5.23. The van der Waals surface area contributed by atoms with Crippen molar-refractivity contribution in [2.75, 3.05) is 13.2 Å². The van der Waals surface area contributed by atoms with Gasteiger partial charge in [-0.2, -0.15) is 0 Å². The molecule has 1 aliphatic heterocycles. The Morgan fingerprint density at radius 3 is 2.73 bits per heavy atom. The number of carbonyl (C=O) groups is 2. The molecule has 2 aromatic rings. The fourth-order valence-corrected chi connectivity index (χ4v) is 4.12. The molecule has 5 nitrogen and oxygen atoms in total. The number of rotatable bonds is 6. The van der Waals surface area contributed by atoms with Gasteiger partial charge in [0.05, 0.1) is 22.0 Å². The van der Waals surface area contributed by atoms with Crippen LogP contribution in [-0.4, -0.2) is 25.0 Å². The molecule has 0 fully saturated rings. The molecule has 1 heterocycles. The predicted octanol–water partition coefficient (Wildman–Crippen LogP) is 3.31. The van der Waals surface area contributed by atoms with E-state index in [-0.39, 0.29) is 11.5 Å². The number of Topliss-reactive ketones (excluding diaryl/α,β-unsaturated/α-hetero) is 1. The summed E-state index contributed by atoms with van der Waals surface area (Å²) >= 11 is 4.79. The maximum Gasteiger partial charge on any atom is 0.200 e. The van der Waals surface area contributed by atoms with Crippen molar-refractivity contribution < 1.29 is 24.2 Å². The zero-order valence-electron chi connectivity index (χ0n) is 13.8. The maximum atomic E-state index is 12.5. The highest BCUT2D eigenvalue weighted by Crippen LogP contribution is 2.42. The predicted molar refractivity (Wildman–Crippen MR) is 100 cm³/mol. The number of thioether (sulfide) groups is 1. The van der Waals surface area contributed by atoms with Crippen LogP contribution >= 0.6 is 27.7 Å². The topological polar surface area (TPSA) is 75.7 Å². The lowest BCUT2D eigenvalue weighted by Gasteiger charge is -2.15. The van der Waals surface area contributed by atoms with E-state index < -0.39 is 12.6 Å². The van der Waals surface area contributed by atoms with Crippen LogP contribution in [0.2, 0.25) is 0 Å². The molecule has 2 aromatic carbocycles. The summed E-state index contributed by atoms with van der Waals surface area (Å²) in [4.78, 5) is 24.7. The molecule has 134 valence electrons. The van der Waals surface area contributed by atoms with E-state index in [1.54, 1.807) is 18.2 Å². The standard InChI is InChI=1S/C19H15BrO5S/c1-2-24-14-8-11(7-13(20)19(14)25-10-17(21)22)9-16-18(23)12-5-3-4-6-15(12)26-16/h3-9H,2,10H2,1H3,(H,21,22)/p-1/b16-9+. The van der Waals surface area contributed by atoms with Crippen LogP contribution in [0.5, 0.6) is 11.5 Å². The number of allylic oxidation sites excluding steroid dienone is 1.